The number of carbonyl (C=O) groups excluding carboxylic acids is 1. The summed E-state index contributed by atoms with van der Waals surface area (Å²) in [6, 6.07) is 6.38. The summed E-state index contributed by atoms with van der Waals surface area (Å²) >= 11 is 0. The van der Waals surface area contributed by atoms with Crippen LogP contribution in [0, 0.1) is 5.41 Å². The van der Waals surface area contributed by atoms with Crippen molar-refractivity contribution >= 4 is 5.78 Å². The van der Waals surface area contributed by atoms with Crippen LogP contribution >= 0.6 is 0 Å². The Kier molecular flexibility index (Phi) is 4.29. The predicted molar refractivity (Wildman–Crippen MR) is 83.8 cm³/mol. The van der Waals surface area contributed by atoms with Crippen LogP contribution in [0.15, 0.2) is 18.2 Å². The number of benzene rings is 1. The summed E-state index contributed by atoms with van der Waals surface area (Å²) in [6.07, 6.45) is 5.65. The fourth-order valence-electron chi connectivity index (χ4n) is 3.73. The Morgan fingerprint density at radius 1 is 1.43 bits per heavy atom. The van der Waals surface area contributed by atoms with Crippen LogP contribution in [0.4, 0.5) is 0 Å². The van der Waals surface area contributed by atoms with Gasteiger partial charge in [-0.1, -0.05) is 25.5 Å². The molecule has 3 nitrogen and oxygen atoms in total. The van der Waals surface area contributed by atoms with E-state index in [1.165, 1.54) is 11.1 Å². The van der Waals surface area contributed by atoms with Gasteiger partial charge in [-0.2, -0.15) is 0 Å². The van der Waals surface area contributed by atoms with Crippen molar-refractivity contribution in [3.05, 3.63) is 29.3 Å². The Labute approximate surface area is 127 Å². The molecule has 0 aromatic heterocycles. The van der Waals surface area contributed by atoms with E-state index in [0.717, 1.165) is 57.6 Å². The molecule has 2 heterocycles. The van der Waals surface area contributed by atoms with Gasteiger partial charge in [0.2, 0.25) is 0 Å². The van der Waals surface area contributed by atoms with E-state index in [4.69, 9.17) is 4.74 Å². The Bertz CT molecular complexity index is 518. The largest absolute Gasteiger partial charge is 0.493 e. The molecule has 1 aromatic rings. The molecule has 2 aliphatic rings. The first-order chi connectivity index (χ1) is 10.2. The van der Waals surface area contributed by atoms with E-state index in [-0.39, 0.29) is 5.41 Å². The van der Waals surface area contributed by atoms with Gasteiger partial charge in [-0.15, -0.1) is 0 Å². The molecular formula is C18H25NO2. The van der Waals surface area contributed by atoms with Crippen molar-refractivity contribution in [2.75, 3.05) is 19.7 Å². The van der Waals surface area contributed by atoms with E-state index >= 15 is 0 Å². The molecule has 0 saturated carbocycles. The highest BCUT2D eigenvalue weighted by Crippen LogP contribution is 2.34. The molecule has 0 bridgehead atoms. The number of carbonyl (C=O) groups is 1. The molecule has 1 fully saturated rings. The van der Waals surface area contributed by atoms with Crippen molar-refractivity contribution in [1.82, 2.24) is 5.32 Å². The van der Waals surface area contributed by atoms with Gasteiger partial charge in [-0.05, 0) is 43.0 Å². The first-order valence-corrected chi connectivity index (χ1v) is 8.22. The predicted octanol–water partition coefficient (Wildman–Crippen LogP) is 2.90. The Morgan fingerprint density at radius 2 is 2.33 bits per heavy atom. The van der Waals surface area contributed by atoms with Crippen molar-refractivity contribution in [3.63, 3.8) is 0 Å². The fourth-order valence-corrected chi connectivity index (χ4v) is 3.73. The first-order valence-electron chi connectivity index (χ1n) is 8.22. The maximum atomic E-state index is 12.7. The maximum absolute atomic E-state index is 12.7. The molecule has 0 spiro atoms. The maximum Gasteiger partial charge on any atom is 0.140 e. The number of ketones is 1. The van der Waals surface area contributed by atoms with Gasteiger partial charge < -0.3 is 10.1 Å². The van der Waals surface area contributed by atoms with Crippen molar-refractivity contribution < 1.29 is 9.53 Å². The van der Waals surface area contributed by atoms with Crippen LogP contribution in [0.2, 0.25) is 0 Å². The molecule has 114 valence electrons. The van der Waals surface area contributed by atoms with Gasteiger partial charge in [0.05, 0.1) is 6.61 Å². The number of nitrogens with one attached hydrogen (secondary N) is 1. The molecular weight excluding hydrogens is 262 g/mol. The van der Waals surface area contributed by atoms with E-state index in [1.807, 2.05) is 0 Å². The summed E-state index contributed by atoms with van der Waals surface area (Å²) in [5.74, 6) is 1.47. The second-order valence-corrected chi connectivity index (χ2v) is 6.42. The zero-order valence-corrected chi connectivity index (χ0v) is 12.9. The molecule has 0 aliphatic carbocycles. The minimum Gasteiger partial charge on any atom is -0.493 e. The third-order valence-corrected chi connectivity index (χ3v) is 4.96. The van der Waals surface area contributed by atoms with Crippen LogP contribution in [-0.2, 0) is 17.6 Å². The molecule has 3 heteroatoms. The average molecular weight is 287 g/mol. The highest BCUT2D eigenvalue weighted by molar-refractivity contribution is 5.85. The van der Waals surface area contributed by atoms with E-state index < -0.39 is 0 Å². The number of rotatable bonds is 6. The number of fused-ring (bicyclic) bond motifs is 1. The van der Waals surface area contributed by atoms with Gasteiger partial charge in [0.1, 0.15) is 11.5 Å². The van der Waals surface area contributed by atoms with Crippen LogP contribution in [0.1, 0.15) is 43.7 Å². The summed E-state index contributed by atoms with van der Waals surface area (Å²) in [6.45, 7) is 4.83. The third kappa shape index (κ3) is 2.98. The van der Waals surface area contributed by atoms with Crippen molar-refractivity contribution in [2.45, 2.75) is 45.4 Å². The van der Waals surface area contributed by atoms with Crippen LogP contribution < -0.4 is 10.1 Å². The zero-order valence-electron chi connectivity index (χ0n) is 12.9. The van der Waals surface area contributed by atoms with Crippen LogP contribution in [-0.4, -0.2) is 25.5 Å². The molecule has 1 saturated heterocycles. The molecule has 1 N–H and O–H groups in total. The Balaban J connectivity index is 1.62. The fraction of sp³-hybridized carbons (Fsp3) is 0.611. The van der Waals surface area contributed by atoms with E-state index in [1.54, 1.807) is 0 Å². The first kappa shape index (κ1) is 14.6. The SMILES string of the molecule is CCCC1(C(=O)CCc2ccc3c(c2)CCO3)CCNC1. The minimum atomic E-state index is -0.0887. The lowest BCUT2D eigenvalue weighted by Gasteiger charge is -2.26. The monoisotopic (exact) mass is 287 g/mol. The molecule has 1 atom stereocenters. The molecule has 1 unspecified atom stereocenters. The topological polar surface area (TPSA) is 38.3 Å². The third-order valence-electron chi connectivity index (χ3n) is 4.96. The highest BCUT2D eigenvalue weighted by atomic mass is 16.5. The van der Waals surface area contributed by atoms with Crippen molar-refractivity contribution in [3.8, 4) is 5.75 Å². The van der Waals surface area contributed by atoms with Gasteiger partial charge in [0.15, 0.2) is 0 Å². The van der Waals surface area contributed by atoms with Crippen LogP contribution in [0.25, 0.3) is 0 Å². The van der Waals surface area contributed by atoms with Gasteiger partial charge in [0.25, 0.3) is 0 Å². The summed E-state index contributed by atoms with van der Waals surface area (Å²) in [5.41, 5.74) is 2.48. The quantitative estimate of drug-likeness (QED) is 0.874. The Hall–Kier alpha value is -1.35. The van der Waals surface area contributed by atoms with Gasteiger partial charge in [-0.25, -0.2) is 0 Å². The molecule has 2 aliphatic heterocycles. The molecule has 3 rings (SSSR count). The lowest BCUT2D eigenvalue weighted by atomic mass is 9.76. The summed E-state index contributed by atoms with van der Waals surface area (Å²) in [4.78, 5) is 12.7. The lowest BCUT2D eigenvalue weighted by Crippen LogP contribution is -2.33. The van der Waals surface area contributed by atoms with Gasteiger partial charge >= 0.3 is 0 Å². The van der Waals surface area contributed by atoms with Crippen LogP contribution in [0.5, 0.6) is 5.75 Å². The number of hydrogen-bond donors (Lipinski definition) is 1. The molecule has 21 heavy (non-hydrogen) atoms. The lowest BCUT2D eigenvalue weighted by molar-refractivity contribution is -0.128. The highest BCUT2D eigenvalue weighted by Gasteiger charge is 2.39. The summed E-state index contributed by atoms with van der Waals surface area (Å²) < 4.78 is 5.53. The van der Waals surface area contributed by atoms with Crippen molar-refractivity contribution in [1.29, 1.82) is 0 Å². The smallest absolute Gasteiger partial charge is 0.140 e. The number of aryl methyl sites for hydroxylation is 1. The van der Waals surface area contributed by atoms with E-state index in [2.05, 4.69) is 30.4 Å². The molecule has 1 aromatic carbocycles. The number of hydrogen-bond acceptors (Lipinski definition) is 3. The molecule has 0 radical (unpaired) electrons. The standard InChI is InChI=1S/C18H25NO2/c1-2-8-18(9-10-19-13-18)17(20)6-4-14-3-5-16-15(12-14)7-11-21-16/h3,5,12,19H,2,4,6-11,13H2,1H3. The second kappa shape index (κ2) is 6.18. The number of ether oxygens (including phenoxy) is 1. The van der Waals surface area contributed by atoms with E-state index in [9.17, 15) is 4.79 Å². The normalized spacial score (nSPS) is 23.9. The van der Waals surface area contributed by atoms with Gasteiger partial charge in [-0.3, -0.25) is 4.79 Å². The van der Waals surface area contributed by atoms with Crippen LogP contribution in [0.3, 0.4) is 0 Å². The zero-order chi connectivity index (χ0) is 14.7. The number of Topliss-reactive ketones (excluding diaryl/α,β-unsaturated/α-hetero) is 1. The summed E-state index contributed by atoms with van der Waals surface area (Å²) in [5, 5.41) is 3.37. The summed E-state index contributed by atoms with van der Waals surface area (Å²) in [7, 11) is 0. The van der Waals surface area contributed by atoms with Gasteiger partial charge in [0, 0.05) is 24.8 Å². The average Bonchev–Trinajstić information content (AvgIpc) is 3.14. The minimum absolute atomic E-state index is 0.0887. The van der Waals surface area contributed by atoms with E-state index in [0.29, 0.717) is 12.2 Å². The molecule has 0 amide bonds. The Morgan fingerprint density at radius 3 is 3.10 bits per heavy atom. The second-order valence-electron chi connectivity index (χ2n) is 6.42. The van der Waals surface area contributed by atoms with Crippen molar-refractivity contribution in [2.24, 2.45) is 5.41 Å².